The molecule has 0 aliphatic carbocycles. The van der Waals surface area contributed by atoms with Crippen molar-refractivity contribution in [2.45, 2.75) is 199 Å². The van der Waals surface area contributed by atoms with Gasteiger partial charge in [0.25, 0.3) is 0 Å². The molecule has 0 saturated carbocycles. The molecule has 121 heavy (non-hydrogen) atoms. The predicted molar refractivity (Wildman–Crippen MR) is 447 cm³/mol. The molecule has 4 bridgehead atoms. The van der Waals surface area contributed by atoms with Gasteiger partial charge in [-0.3, -0.25) is 28.8 Å². The van der Waals surface area contributed by atoms with Gasteiger partial charge in [-0.05, 0) is 157 Å². The molecular weight excluding hydrogens is 1690 g/mol. The molecule has 0 radical (unpaired) electrons. The number of carboxylic acids is 3. The number of amides is 5. The minimum absolute atomic E-state index is 0.0120. The third-order valence-electron chi connectivity index (χ3n) is 21.5. The number of nitrogens with zero attached hydrogens (tertiary/aromatic N) is 6. The number of hydrogen-bond donors (Lipinski definition) is 9. The molecule has 3 aromatic rings. The Morgan fingerprint density at radius 2 is 1.08 bits per heavy atom. The number of ether oxygens (including phenoxy) is 1. The Hall–Kier alpha value is -9.36. The number of anilines is 1. The number of Topliss-reactive ketones (excluding diaryl/α,β-unsaturated/α-hetero) is 2. The normalized spacial score (nSPS) is 17.0. The summed E-state index contributed by atoms with van der Waals surface area (Å²) in [6.45, 7) is 14.8. The van der Waals surface area contributed by atoms with Gasteiger partial charge in [0, 0.05) is 119 Å². The van der Waals surface area contributed by atoms with Crippen LogP contribution >= 0.6 is 0 Å². The average molecular weight is 1810 g/mol. The van der Waals surface area contributed by atoms with Crippen molar-refractivity contribution in [3.8, 4) is 11.5 Å². The molecule has 3 fully saturated rings. The van der Waals surface area contributed by atoms with E-state index in [-0.39, 0.29) is 131 Å². The zero-order valence-electron chi connectivity index (χ0n) is 70.6. The van der Waals surface area contributed by atoms with E-state index in [1.807, 2.05) is 51.8 Å². The van der Waals surface area contributed by atoms with Gasteiger partial charge >= 0.3 is 221 Å². The Labute approximate surface area is 717 Å². The second-order valence-electron chi connectivity index (χ2n) is 30.8. The number of benzene rings is 3. The van der Waals surface area contributed by atoms with Crippen LogP contribution in [0.5, 0.6) is 11.5 Å². The van der Waals surface area contributed by atoms with Crippen LogP contribution in [0.4, 0.5) is 10.5 Å². The van der Waals surface area contributed by atoms with Gasteiger partial charge in [-0.1, -0.05) is 44.2 Å². The van der Waals surface area contributed by atoms with Crippen LogP contribution in [0.1, 0.15) is 192 Å². The Morgan fingerprint density at radius 3 is 1.68 bits per heavy atom. The monoisotopic (exact) mass is 1810 g/mol. The van der Waals surface area contributed by atoms with Gasteiger partial charge < -0.3 is 51.1 Å². The zero-order chi connectivity index (χ0) is 88.2. The largest absolute Gasteiger partial charge is 0.481 e. The molecule has 4 aliphatic rings. The van der Waals surface area contributed by atoms with Crippen LogP contribution in [-0.2, 0) is 80.9 Å². The zero-order valence-corrected chi connectivity index (χ0v) is 74.7. The predicted octanol–water partition coefficient (Wildman–Crippen LogP) is 4.20. The van der Waals surface area contributed by atoms with Crippen molar-refractivity contribution in [3.05, 3.63) is 81.7 Å². The summed E-state index contributed by atoms with van der Waals surface area (Å²) < 4.78 is 53.6. The summed E-state index contributed by atoms with van der Waals surface area (Å²) >= 11 is -4.32. The van der Waals surface area contributed by atoms with Crippen LogP contribution in [0, 0.1) is 12.8 Å². The summed E-state index contributed by atoms with van der Waals surface area (Å²) in [6.07, 6.45) is 10.7. The first-order valence-corrected chi connectivity index (χ1v) is 47.8. The van der Waals surface area contributed by atoms with Crippen LogP contribution in [-0.4, -0.2) is 292 Å². The van der Waals surface area contributed by atoms with Crippen LogP contribution in [0.3, 0.4) is 0 Å². The third-order valence-corrected chi connectivity index (χ3v) is 26.9. The molecular formula is C84H123InN12O23S. The summed E-state index contributed by atoms with van der Waals surface area (Å²) in [5.74, 6) is -6.12. The fraction of sp³-hybridized carbons (Fsp3) is 0.607. The number of unbranched alkanes of at least 4 members (excludes halogenated alkanes) is 10. The molecule has 3 aromatic carbocycles. The molecule has 7 rings (SSSR count). The fourth-order valence-electron chi connectivity index (χ4n) is 14.5. The third kappa shape index (κ3) is 37.1. The van der Waals surface area contributed by atoms with Gasteiger partial charge in [0.05, 0.1) is 16.9 Å². The molecule has 5 atom stereocenters. The number of sulfonamides is 1. The minimum atomic E-state index is -4.32. The molecule has 5 amide bonds. The Balaban J connectivity index is 0.00000744. The first-order chi connectivity index (χ1) is 58.0. The Morgan fingerprint density at radius 1 is 0.545 bits per heavy atom. The number of aliphatic carboxylic acids is 3. The van der Waals surface area contributed by atoms with Crippen LogP contribution in [0.2, 0.25) is 0 Å². The first kappa shape index (κ1) is 100. The first-order valence-electron chi connectivity index (χ1n) is 42.3. The van der Waals surface area contributed by atoms with Crippen molar-refractivity contribution >= 4 is 128 Å². The van der Waals surface area contributed by atoms with E-state index in [2.05, 4.69) is 92.3 Å². The summed E-state index contributed by atoms with van der Waals surface area (Å²) in [7, 11) is -1.94. The van der Waals surface area contributed by atoms with E-state index in [1.54, 1.807) is 12.1 Å². The van der Waals surface area contributed by atoms with Gasteiger partial charge in [0.2, 0.25) is 21.8 Å². The number of hydrogen-bond acceptors (Lipinski definition) is 26. The van der Waals surface area contributed by atoms with Crippen molar-refractivity contribution in [1.82, 2.24) is 55.8 Å². The maximum absolute atomic E-state index is 14.1. The number of carboxylic acid groups (broad SMARTS) is 3. The molecule has 0 aromatic heterocycles. The summed E-state index contributed by atoms with van der Waals surface area (Å²) in [6, 6.07) is 14.6. The number of urea groups is 1. The maximum Gasteiger partial charge on any atom is 0.373 e. The van der Waals surface area contributed by atoms with E-state index in [4.69, 9.17) is 28.0 Å². The number of nitrogens with one attached hydrogen (secondary N) is 6. The molecule has 4 heterocycles. The van der Waals surface area contributed by atoms with E-state index in [1.165, 1.54) is 0 Å². The van der Waals surface area contributed by atoms with Crippen molar-refractivity contribution in [1.29, 1.82) is 0 Å². The van der Waals surface area contributed by atoms with Gasteiger partial charge in [0.15, 0.2) is 5.78 Å². The molecule has 0 spiro atoms. The minimum Gasteiger partial charge on any atom is -0.481 e. The van der Waals surface area contributed by atoms with Crippen LogP contribution in [0.25, 0.3) is 11.8 Å². The van der Waals surface area contributed by atoms with E-state index in [0.717, 1.165) is 58.0 Å². The summed E-state index contributed by atoms with van der Waals surface area (Å²) in [4.78, 5) is 181. The number of aryl methyl sites for hydroxylation is 1. The average Bonchev–Trinajstić information content (AvgIpc) is 0.781. The van der Waals surface area contributed by atoms with E-state index in [0.29, 0.717) is 173 Å². The van der Waals surface area contributed by atoms with Gasteiger partial charge in [-0.25, -0.2) is 22.7 Å². The van der Waals surface area contributed by atoms with Gasteiger partial charge in [0.1, 0.15) is 23.3 Å². The van der Waals surface area contributed by atoms with E-state index < -0.39 is 99.0 Å². The van der Waals surface area contributed by atoms with Crippen LogP contribution in [0.15, 0.2) is 59.5 Å². The number of carbonyl (C=O) groups is 12. The molecule has 35 nitrogen and oxygen atoms in total. The molecule has 9 N–H and O–H groups in total. The van der Waals surface area contributed by atoms with E-state index >= 15 is 0 Å². The van der Waals surface area contributed by atoms with E-state index in [9.17, 15) is 76.2 Å². The maximum atomic E-state index is 14.1. The van der Waals surface area contributed by atoms with Crippen molar-refractivity contribution in [3.63, 3.8) is 0 Å². The van der Waals surface area contributed by atoms with Gasteiger partial charge in [-0.2, -0.15) is 9.59 Å². The molecule has 666 valence electrons. The Kier molecular flexibility index (Phi) is 45.0. The van der Waals surface area contributed by atoms with Crippen molar-refractivity contribution in [2.75, 3.05) is 136 Å². The molecule has 3 saturated heterocycles. The smallest absolute Gasteiger partial charge is 0.373 e. The number of rotatable bonds is 50. The molecule has 4 unspecified atom stereocenters. The second kappa shape index (κ2) is 54.2. The van der Waals surface area contributed by atoms with Crippen molar-refractivity contribution < 1.29 is 104 Å². The quantitative estimate of drug-likeness (QED) is 0.0280. The van der Waals surface area contributed by atoms with Crippen LogP contribution < -0.4 is 51.4 Å². The number of fused-ring (bicyclic) bond motifs is 9. The fourth-order valence-corrected chi connectivity index (χ4v) is 18.6. The number of carbonyl (C=O) groups excluding carboxylic acids is 11. The van der Waals surface area contributed by atoms with Gasteiger partial charge in [-0.15, -0.1) is 0 Å². The second-order valence-corrected chi connectivity index (χ2v) is 36.2. The summed E-state index contributed by atoms with van der Waals surface area (Å²) in [5, 5.41) is 43.6. The molecule has 37 heteroatoms. The van der Waals surface area contributed by atoms with Crippen molar-refractivity contribution in [2.24, 2.45) is 5.92 Å². The Bertz CT molecular complexity index is 4230. The molecule has 4 aliphatic heterocycles. The standard InChI is InChI=1S/C83H126N12O21S.CO2.In/c1-6-90(5)54-60-30-33-66-71(51-60)116-72-53-62(95(7-2)8-3)31-34-67(72)80(66)65-35-32-64(50-59(65)4)117(114,115)87-41-22-12-18-29-74(99)88-68(26-19-23-39-85-75(100)55-91-42-44-92(56-77(103)104)46-48-94(58-79(107)108)49-47-93(45-43-91)57-78(105)106)70(97)27-16-11-14-24-61(81(109)110)52-63(96)25-15-9-10-17-28-73(98)84-38-20-13-21-40-86-83(113)89-69(82(111)112)36-37-76(101)102;2-1-3;/h30-35,50-51,53-54,61,68-69,87H,6-29,36-49,52,55-58H2,1-5H3,(H,84,98)(H,85,100)(H,88,99)(H,101,102)(H,103,104)(H,105,106)(H,107,108)(H,109,110)(H,111,112)(H2,86,89,113);;/q;;+3/p-3/b60-54-;;/t61?,68?,69-;;/m0../s1/i;;1-4. The topological polar surface area (TPSA) is 462 Å². The SMILES string of the molecule is CCN(C)/C=c1/ccc2c(c1)Oc1cc(N(CC)CC)ccc1C=2c1ccc(S(=O)(=O)NCCCCCC(=O)NC(CCCCNC(=O)CN2CCN3CCN4CCN(CC2)CC(=O)[O][111In]([O]C(=O)C3)[O]C(=O)C4)C(=O)CCCCCC(CC(=O)CCCCCCC(=O)NCCCCCNC(=O)N[C@@H](CCC(=O)O)C(=O)O)C(=O)O)cc1C.O=C=O. The summed E-state index contributed by atoms with van der Waals surface area (Å²) in [5.41, 5.74) is 4.48. The number of ketones is 2.